The molecule has 2 rings (SSSR count). The normalized spacial score (nSPS) is 22.1. The number of aliphatic hydroxyl groups is 2. The van der Waals surface area contributed by atoms with Crippen LogP contribution in [-0.2, 0) is 0 Å². The SMILES string of the molecule is CC1CCN(C(=O)c2ccncc2C#CCO)CC1O. The minimum atomic E-state index is -0.485. The summed E-state index contributed by atoms with van der Waals surface area (Å²) in [7, 11) is 0. The molecule has 1 saturated heterocycles. The van der Waals surface area contributed by atoms with Gasteiger partial charge in [0.05, 0.1) is 17.2 Å². The Morgan fingerprint density at radius 2 is 2.40 bits per heavy atom. The van der Waals surface area contributed by atoms with Gasteiger partial charge >= 0.3 is 0 Å². The van der Waals surface area contributed by atoms with Gasteiger partial charge in [-0.05, 0) is 18.4 Å². The summed E-state index contributed by atoms with van der Waals surface area (Å²) in [5.74, 6) is 5.32. The maximum atomic E-state index is 12.5. The number of β-amino-alcohol motifs (C(OH)–C–C–N with tert-alkyl or cyclic N) is 1. The number of piperidine rings is 1. The van der Waals surface area contributed by atoms with Crippen LogP contribution in [0.4, 0.5) is 0 Å². The highest BCUT2D eigenvalue weighted by Gasteiger charge is 2.28. The predicted molar refractivity (Wildman–Crippen MR) is 73.9 cm³/mol. The van der Waals surface area contributed by atoms with Crippen molar-refractivity contribution in [3.05, 3.63) is 29.6 Å². The molecule has 2 atom stereocenters. The van der Waals surface area contributed by atoms with E-state index < -0.39 is 6.10 Å². The van der Waals surface area contributed by atoms with E-state index in [0.717, 1.165) is 6.42 Å². The summed E-state index contributed by atoms with van der Waals surface area (Å²) in [5, 5.41) is 18.6. The molecule has 1 amide bonds. The Morgan fingerprint density at radius 1 is 1.60 bits per heavy atom. The lowest BCUT2D eigenvalue weighted by Gasteiger charge is -2.34. The number of aliphatic hydroxyl groups excluding tert-OH is 2. The zero-order valence-electron chi connectivity index (χ0n) is 11.4. The number of carbonyl (C=O) groups excluding carboxylic acids is 1. The second-order valence-corrected chi connectivity index (χ2v) is 4.97. The Morgan fingerprint density at radius 3 is 3.10 bits per heavy atom. The van der Waals surface area contributed by atoms with Crippen molar-refractivity contribution in [3.63, 3.8) is 0 Å². The lowest BCUT2D eigenvalue weighted by atomic mass is 9.95. The first kappa shape index (κ1) is 14.5. The number of hydrogen-bond acceptors (Lipinski definition) is 4. The van der Waals surface area contributed by atoms with E-state index in [4.69, 9.17) is 5.11 Å². The minimum absolute atomic E-state index is 0.152. The molecular weight excluding hydrogens is 256 g/mol. The summed E-state index contributed by atoms with van der Waals surface area (Å²) in [6.07, 6.45) is 3.36. The Bertz CT molecular complexity index is 548. The monoisotopic (exact) mass is 274 g/mol. The van der Waals surface area contributed by atoms with Crippen molar-refractivity contribution in [3.8, 4) is 11.8 Å². The quantitative estimate of drug-likeness (QED) is 0.721. The molecule has 0 saturated carbocycles. The third-order valence-corrected chi connectivity index (χ3v) is 3.56. The average molecular weight is 274 g/mol. The van der Waals surface area contributed by atoms with Crippen molar-refractivity contribution >= 4 is 5.91 Å². The van der Waals surface area contributed by atoms with Gasteiger partial charge in [0.25, 0.3) is 5.91 Å². The topological polar surface area (TPSA) is 73.7 Å². The molecule has 0 spiro atoms. The standard InChI is InChI=1S/C15H18N2O3/c1-11-5-7-17(10-14(11)19)15(20)13-4-6-16-9-12(13)3-2-8-18/h4,6,9,11,14,18-19H,5,7-8,10H2,1H3. The molecule has 0 bridgehead atoms. The van der Waals surface area contributed by atoms with Crippen LogP contribution in [0.25, 0.3) is 0 Å². The van der Waals surface area contributed by atoms with Gasteiger partial charge in [-0.1, -0.05) is 18.8 Å². The van der Waals surface area contributed by atoms with Crippen molar-refractivity contribution < 1.29 is 15.0 Å². The van der Waals surface area contributed by atoms with Crippen molar-refractivity contribution in [2.75, 3.05) is 19.7 Å². The summed E-state index contributed by atoms with van der Waals surface area (Å²) < 4.78 is 0. The molecule has 1 aromatic heterocycles. The van der Waals surface area contributed by atoms with Gasteiger partial charge in [-0.3, -0.25) is 9.78 Å². The number of hydrogen-bond donors (Lipinski definition) is 2. The molecule has 2 N–H and O–H groups in total. The zero-order chi connectivity index (χ0) is 14.5. The van der Waals surface area contributed by atoms with Gasteiger partial charge in [-0.25, -0.2) is 0 Å². The number of likely N-dealkylation sites (tertiary alicyclic amines) is 1. The molecule has 0 aromatic carbocycles. The summed E-state index contributed by atoms with van der Waals surface area (Å²) in [6.45, 7) is 2.70. The summed E-state index contributed by atoms with van der Waals surface area (Å²) in [4.78, 5) is 18.1. The van der Waals surface area contributed by atoms with Crippen LogP contribution in [-0.4, -0.2) is 51.8 Å². The smallest absolute Gasteiger partial charge is 0.255 e. The number of rotatable bonds is 1. The molecule has 1 aromatic rings. The molecule has 5 nitrogen and oxygen atoms in total. The van der Waals surface area contributed by atoms with E-state index in [-0.39, 0.29) is 18.4 Å². The van der Waals surface area contributed by atoms with Gasteiger partial charge in [0.15, 0.2) is 0 Å². The summed E-state index contributed by atoms with van der Waals surface area (Å²) in [6, 6.07) is 1.62. The van der Waals surface area contributed by atoms with Gasteiger partial charge in [0.2, 0.25) is 0 Å². The van der Waals surface area contributed by atoms with Crippen LogP contribution in [0.15, 0.2) is 18.5 Å². The highest BCUT2D eigenvalue weighted by molar-refractivity contribution is 5.96. The van der Waals surface area contributed by atoms with Crippen LogP contribution in [0.2, 0.25) is 0 Å². The van der Waals surface area contributed by atoms with Crippen LogP contribution < -0.4 is 0 Å². The highest BCUT2D eigenvalue weighted by Crippen LogP contribution is 2.19. The molecule has 0 radical (unpaired) electrons. The first-order chi connectivity index (χ1) is 9.63. The van der Waals surface area contributed by atoms with Crippen LogP contribution >= 0.6 is 0 Å². The fraction of sp³-hybridized carbons (Fsp3) is 0.467. The molecule has 1 aliphatic rings. The Hall–Kier alpha value is -1.90. The maximum Gasteiger partial charge on any atom is 0.255 e. The minimum Gasteiger partial charge on any atom is -0.391 e. The highest BCUT2D eigenvalue weighted by atomic mass is 16.3. The molecular formula is C15H18N2O3. The average Bonchev–Trinajstić information content (AvgIpc) is 2.47. The first-order valence-electron chi connectivity index (χ1n) is 6.64. The molecule has 0 aliphatic carbocycles. The van der Waals surface area contributed by atoms with Crippen molar-refractivity contribution in [1.29, 1.82) is 0 Å². The van der Waals surface area contributed by atoms with Gasteiger partial charge in [0.1, 0.15) is 6.61 Å². The van der Waals surface area contributed by atoms with Crippen LogP contribution in [0.3, 0.4) is 0 Å². The summed E-state index contributed by atoms with van der Waals surface area (Å²) >= 11 is 0. The van der Waals surface area contributed by atoms with E-state index in [1.54, 1.807) is 17.2 Å². The van der Waals surface area contributed by atoms with Crippen LogP contribution in [0.1, 0.15) is 29.3 Å². The van der Waals surface area contributed by atoms with Gasteiger partial charge in [0, 0.05) is 25.5 Å². The molecule has 20 heavy (non-hydrogen) atoms. The van der Waals surface area contributed by atoms with Gasteiger partial charge in [-0.2, -0.15) is 0 Å². The molecule has 2 heterocycles. The van der Waals surface area contributed by atoms with Crippen molar-refractivity contribution in [2.45, 2.75) is 19.4 Å². The lowest BCUT2D eigenvalue weighted by Crippen LogP contribution is -2.46. The largest absolute Gasteiger partial charge is 0.391 e. The first-order valence-corrected chi connectivity index (χ1v) is 6.64. The Balaban J connectivity index is 2.21. The van der Waals surface area contributed by atoms with E-state index in [1.807, 2.05) is 6.92 Å². The number of carbonyl (C=O) groups is 1. The molecule has 1 fully saturated rings. The van der Waals surface area contributed by atoms with Crippen LogP contribution in [0, 0.1) is 17.8 Å². The maximum absolute atomic E-state index is 12.5. The molecule has 2 unspecified atom stereocenters. The number of pyridine rings is 1. The second-order valence-electron chi connectivity index (χ2n) is 4.97. The number of nitrogens with zero attached hydrogens (tertiary/aromatic N) is 2. The van der Waals surface area contributed by atoms with Gasteiger partial charge in [-0.15, -0.1) is 0 Å². The number of aromatic nitrogens is 1. The lowest BCUT2D eigenvalue weighted by molar-refractivity contribution is 0.0248. The number of amides is 1. The Labute approximate surface area is 118 Å². The van der Waals surface area contributed by atoms with Gasteiger partial charge < -0.3 is 15.1 Å². The van der Waals surface area contributed by atoms with E-state index in [0.29, 0.717) is 24.2 Å². The Kier molecular flexibility index (Phi) is 4.72. The third-order valence-electron chi connectivity index (χ3n) is 3.56. The molecule has 106 valence electrons. The van der Waals surface area contributed by atoms with E-state index in [1.165, 1.54) is 6.20 Å². The molecule has 5 heteroatoms. The third kappa shape index (κ3) is 3.16. The fourth-order valence-electron chi connectivity index (χ4n) is 2.22. The van der Waals surface area contributed by atoms with Crippen molar-refractivity contribution in [1.82, 2.24) is 9.88 Å². The second kappa shape index (κ2) is 6.51. The van der Waals surface area contributed by atoms with Crippen molar-refractivity contribution in [2.24, 2.45) is 5.92 Å². The predicted octanol–water partition coefficient (Wildman–Crippen LogP) is 0.268. The van der Waals surface area contributed by atoms with E-state index in [9.17, 15) is 9.90 Å². The fourth-order valence-corrected chi connectivity index (χ4v) is 2.22. The van der Waals surface area contributed by atoms with Crippen LogP contribution in [0.5, 0.6) is 0 Å². The van der Waals surface area contributed by atoms with E-state index in [2.05, 4.69) is 16.8 Å². The molecule has 1 aliphatic heterocycles. The zero-order valence-corrected chi connectivity index (χ0v) is 11.4. The summed E-state index contributed by atoms with van der Waals surface area (Å²) in [5.41, 5.74) is 0.961. The van der Waals surface area contributed by atoms with E-state index >= 15 is 0 Å².